The zero-order valence-corrected chi connectivity index (χ0v) is 10.9. The van der Waals surface area contributed by atoms with E-state index in [9.17, 15) is 0 Å². The van der Waals surface area contributed by atoms with Gasteiger partial charge in [0, 0.05) is 13.0 Å². The van der Waals surface area contributed by atoms with Gasteiger partial charge in [-0.05, 0) is 18.1 Å². The first kappa shape index (κ1) is 11.9. The van der Waals surface area contributed by atoms with Gasteiger partial charge in [0.05, 0.1) is 6.61 Å². The van der Waals surface area contributed by atoms with Crippen LogP contribution in [0.2, 0.25) is 0 Å². The van der Waals surface area contributed by atoms with Gasteiger partial charge in [-0.15, -0.1) is 0 Å². The lowest BCUT2D eigenvalue weighted by atomic mass is 10.0. The molecular weight excluding hydrogens is 258 g/mol. The largest absolute Gasteiger partial charge is 0.482 e. The molecule has 2 aliphatic heterocycles. The molecule has 1 saturated heterocycles. The second-order valence-corrected chi connectivity index (χ2v) is 5.33. The Morgan fingerprint density at radius 1 is 1.30 bits per heavy atom. The number of benzene rings is 1. The number of hydrogen-bond acceptors (Lipinski definition) is 6. The molecule has 0 aliphatic carbocycles. The lowest BCUT2D eigenvalue weighted by molar-refractivity contribution is 0.165. The molecule has 4 rings (SSSR count). The van der Waals surface area contributed by atoms with Crippen LogP contribution in [0.5, 0.6) is 5.75 Å². The van der Waals surface area contributed by atoms with Crippen LogP contribution >= 0.6 is 0 Å². The van der Waals surface area contributed by atoms with E-state index in [1.54, 1.807) is 0 Å². The molecule has 0 bridgehead atoms. The summed E-state index contributed by atoms with van der Waals surface area (Å²) in [5.41, 5.74) is 6.72. The van der Waals surface area contributed by atoms with E-state index in [2.05, 4.69) is 10.1 Å². The molecule has 0 amide bonds. The molecule has 2 N–H and O–H groups in total. The van der Waals surface area contributed by atoms with E-state index < -0.39 is 5.54 Å². The number of fused-ring (bicyclic) bond motifs is 1. The Hall–Kier alpha value is -1.92. The molecule has 104 valence electrons. The SMILES string of the molecule is NC1(c2nc(C3Cc4ccccc4O3)no2)CCOC1. The molecule has 20 heavy (non-hydrogen) atoms. The Labute approximate surface area is 115 Å². The molecule has 0 spiro atoms. The summed E-state index contributed by atoms with van der Waals surface area (Å²) in [6.07, 6.45) is 1.25. The number of nitrogens with zero attached hydrogens (tertiary/aromatic N) is 2. The first-order valence-corrected chi connectivity index (χ1v) is 6.70. The van der Waals surface area contributed by atoms with Crippen molar-refractivity contribution in [3.05, 3.63) is 41.5 Å². The van der Waals surface area contributed by atoms with E-state index in [0.29, 0.717) is 31.3 Å². The van der Waals surface area contributed by atoms with Crippen LogP contribution in [0.1, 0.15) is 29.8 Å². The highest BCUT2D eigenvalue weighted by Crippen LogP contribution is 2.36. The highest BCUT2D eigenvalue weighted by molar-refractivity contribution is 5.37. The molecule has 0 radical (unpaired) electrons. The summed E-state index contributed by atoms with van der Waals surface area (Å²) in [6.45, 7) is 1.04. The van der Waals surface area contributed by atoms with Gasteiger partial charge in [-0.3, -0.25) is 0 Å². The summed E-state index contributed by atoms with van der Waals surface area (Å²) in [5, 5.41) is 4.02. The first-order valence-electron chi connectivity index (χ1n) is 6.70. The van der Waals surface area contributed by atoms with Crippen LogP contribution in [0.4, 0.5) is 0 Å². The third-order valence-corrected chi connectivity index (χ3v) is 3.85. The van der Waals surface area contributed by atoms with Crippen molar-refractivity contribution in [2.24, 2.45) is 5.73 Å². The fourth-order valence-corrected chi connectivity index (χ4v) is 2.64. The van der Waals surface area contributed by atoms with Crippen molar-refractivity contribution in [2.75, 3.05) is 13.2 Å². The van der Waals surface area contributed by atoms with Crippen molar-refractivity contribution in [1.82, 2.24) is 10.1 Å². The van der Waals surface area contributed by atoms with E-state index in [1.165, 1.54) is 0 Å². The van der Waals surface area contributed by atoms with Gasteiger partial charge in [0.1, 0.15) is 11.3 Å². The zero-order chi connectivity index (χ0) is 13.6. The predicted octanol–water partition coefficient (Wildman–Crippen LogP) is 1.32. The van der Waals surface area contributed by atoms with E-state index >= 15 is 0 Å². The highest BCUT2D eigenvalue weighted by atomic mass is 16.5. The molecule has 1 fully saturated rings. The van der Waals surface area contributed by atoms with Gasteiger partial charge in [0.15, 0.2) is 6.10 Å². The van der Waals surface area contributed by atoms with Gasteiger partial charge in [0.25, 0.3) is 0 Å². The van der Waals surface area contributed by atoms with Gasteiger partial charge < -0.3 is 19.7 Å². The molecule has 6 heteroatoms. The lowest BCUT2D eigenvalue weighted by Crippen LogP contribution is -2.37. The molecule has 3 heterocycles. The summed E-state index contributed by atoms with van der Waals surface area (Å²) in [7, 11) is 0. The summed E-state index contributed by atoms with van der Waals surface area (Å²) in [5.74, 6) is 1.87. The van der Waals surface area contributed by atoms with Crippen LogP contribution < -0.4 is 10.5 Å². The van der Waals surface area contributed by atoms with Gasteiger partial charge >= 0.3 is 0 Å². The summed E-state index contributed by atoms with van der Waals surface area (Å²) in [4.78, 5) is 4.42. The molecule has 2 unspecified atom stereocenters. The number of hydrogen-bond donors (Lipinski definition) is 1. The average Bonchev–Trinajstić information content (AvgIpc) is 3.17. The quantitative estimate of drug-likeness (QED) is 0.888. The topological polar surface area (TPSA) is 83.4 Å². The van der Waals surface area contributed by atoms with Crippen molar-refractivity contribution in [2.45, 2.75) is 24.5 Å². The molecule has 6 nitrogen and oxygen atoms in total. The zero-order valence-electron chi connectivity index (χ0n) is 10.9. The fraction of sp³-hybridized carbons (Fsp3) is 0.429. The van der Waals surface area contributed by atoms with Gasteiger partial charge in [0.2, 0.25) is 11.7 Å². The summed E-state index contributed by atoms with van der Waals surface area (Å²) >= 11 is 0. The number of aromatic nitrogens is 2. The third kappa shape index (κ3) is 1.80. The predicted molar refractivity (Wildman–Crippen MR) is 69.1 cm³/mol. The second kappa shape index (κ2) is 4.29. The third-order valence-electron chi connectivity index (χ3n) is 3.85. The number of ether oxygens (including phenoxy) is 2. The Morgan fingerprint density at radius 2 is 2.20 bits per heavy atom. The van der Waals surface area contributed by atoms with Crippen LogP contribution in [0, 0.1) is 0 Å². The Balaban J connectivity index is 1.58. The maximum absolute atomic E-state index is 6.21. The van der Waals surface area contributed by atoms with Crippen molar-refractivity contribution >= 4 is 0 Å². The van der Waals surface area contributed by atoms with Gasteiger partial charge in [-0.25, -0.2) is 0 Å². The molecule has 2 aliphatic rings. The normalized spacial score (nSPS) is 28.4. The number of nitrogens with two attached hydrogens (primary N) is 1. The van der Waals surface area contributed by atoms with Crippen LogP contribution in [0.25, 0.3) is 0 Å². The second-order valence-electron chi connectivity index (χ2n) is 5.33. The molecule has 1 aromatic carbocycles. The maximum atomic E-state index is 6.21. The van der Waals surface area contributed by atoms with Gasteiger partial charge in [-0.1, -0.05) is 23.4 Å². The van der Waals surface area contributed by atoms with Crippen LogP contribution in [0.15, 0.2) is 28.8 Å². The molecule has 0 saturated carbocycles. The van der Waals surface area contributed by atoms with Crippen LogP contribution in [0.3, 0.4) is 0 Å². The van der Waals surface area contributed by atoms with Crippen LogP contribution in [-0.2, 0) is 16.7 Å². The van der Waals surface area contributed by atoms with E-state index in [0.717, 1.165) is 17.7 Å². The number of para-hydroxylation sites is 1. The van der Waals surface area contributed by atoms with Crippen molar-refractivity contribution in [1.29, 1.82) is 0 Å². The van der Waals surface area contributed by atoms with Crippen LogP contribution in [-0.4, -0.2) is 23.4 Å². The molecule has 1 aromatic heterocycles. The highest BCUT2D eigenvalue weighted by Gasteiger charge is 2.39. The molecular formula is C14H15N3O3. The monoisotopic (exact) mass is 273 g/mol. The average molecular weight is 273 g/mol. The van der Waals surface area contributed by atoms with Crippen molar-refractivity contribution in [3.63, 3.8) is 0 Å². The lowest BCUT2D eigenvalue weighted by Gasteiger charge is -2.15. The Morgan fingerprint density at radius 3 is 3.00 bits per heavy atom. The molecule has 2 aromatic rings. The first-order chi connectivity index (χ1) is 9.74. The minimum Gasteiger partial charge on any atom is -0.482 e. The Bertz CT molecular complexity index is 609. The fourth-order valence-electron chi connectivity index (χ4n) is 2.64. The van der Waals surface area contributed by atoms with Gasteiger partial charge in [-0.2, -0.15) is 4.98 Å². The van der Waals surface area contributed by atoms with Crippen molar-refractivity contribution in [3.8, 4) is 5.75 Å². The number of rotatable bonds is 2. The minimum absolute atomic E-state index is 0.198. The smallest absolute Gasteiger partial charge is 0.249 e. The minimum atomic E-state index is -0.656. The molecule has 2 atom stereocenters. The van der Waals surface area contributed by atoms with E-state index in [-0.39, 0.29) is 6.10 Å². The van der Waals surface area contributed by atoms with E-state index in [4.69, 9.17) is 19.7 Å². The standard InChI is InChI=1S/C14H15N3O3/c15-14(5-6-18-8-14)13-16-12(17-20-13)11-7-9-3-1-2-4-10(9)19-11/h1-4,11H,5-8,15H2. The van der Waals surface area contributed by atoms with Crippen molar-refractivity contribution < 1.29 is 14.0 Å². The maximum Gasteiger partial charge on any atom is 0.249 e. The summed E-state index contributed by atoms with van der Waals surface area (Å²) in [6, 6.07) is 7.95. The van der Waals surface area contributed by atoms with E-state index in [1.807, 2.05) is 24.3 Å². The Kier molecular flexibility index (Phi) is 2.55. The summed E-state index contributed by atoms with van der Waals surface area (Å²) < 4.78 is 16.5.